The first kappa shape index (κ1) is 19.8. The topological polar surface area (TPSA) is 92.8 Å². The molecule has 0 bridgehead atoms. The van der Waals surface area contributed by atoms with Crippen LogP contribution in [0.3, 0.4) is 0 Å². The lowest BCUT2D eigenvalue weighted by Crippen LogP contribution is -2.49. The quantitative estimate of drug-likeness (QED) is 0.734. The normalized spacial score (nSPS) is 22.0. The summed E-state index contributed by atoms with van der Waals surface area (Å²) in [6.07, 6.45) is 2.49. The van der Waals surface area contributed by atoms with Crippen LogP contribution in [0, 0.1) is 0 Å². The number of ether oxygens (including phenoxy) is 1. The molecule has 0 unspecified atom stereocenters. The van der Waals surface area contributed by atoms with Crippen LogP contribution in [0.1, 0.15) is 35.2 Å². The lowest BCUT2D eigenvalue weighted by Gasteiger charge is -2.36. The predicted octanol–water partition coefficient (Wildman–Crippen LogP) is 2.58. The summed E-state index contributed by atoms with van der Waals surface area (Å²) in [6, 6.07) is 14.0. The molecule has 1 fully saturated rings. The summed E-state index contributed by atoms with van der Waals surface area (Å²) in [4.78, 5) is 23.6. The molecule has 152 valence electrons. The largest absolute Gasteiger partial charge is 0.363 e. The van der Waals surface area contributed by atoms with Crippen molar-refractivity contribution in [1.82, 2.24) is 4.31 Å². The van der Waals surface area contributed by atoms with Crippen LogP contribution in [0.15, 0.2) is 53.4 Å². The van der Waals surface area contributed by atoms with E-state index in [0.29, 0.717) is 37.9 Å². The average molecular weight is 414 g/mol. The molecule has 8 heteroatoms. The van der Waals surface area contributed by atoms with Crippen molar-refractivity contribution in [3.8, 4) is 0 Å². The van der Waals surface area contributed by atoms with Gasteiger partial charge in [0.2, 0.25) is 10.0 Å². The maximum absolute atomic E-state index is 13.4. The Labute approximate surface area is 169 Å². The molecule has 0 spiro atoms. The number of hydrogen-bond donors (Lipinski definition) is 1. The highest BCUT2D eigenvalue weighted by Crippen LogP contribution is 2.39. The van der Waals surface area contributed by atoms with Crippen LogP contribution in [0.5, 0.6) is 0 Å². The number of ketones is 1. The molecular formula is C21H22N2O5S. The Morgan fingerprint density at radius 1 is 1.14 bits per heavy atom. The number of amides is 1. The highest BCUT2D eigenvalue weighted by atomic mass is 32.2. The number of fused-ring (bicyclic) bond motifs is 1. The Balaban J connectivity index is 1.65. The zero-order chi connectivity index (χ0) is 20.6. The van der Waals surface area contributed by atoms with Crippen molar-refractivity contribution in [3.63, 3.8) is 0 Å². The van der Waals surface area contributed by atoms with E-state index in [0.717, 1.165) is 5.56 Å². The van der Waals surface area contributed by atoms with Crippen LogP contribution in [0.4, 0.5) is 5.69 Å². The second-order valence-corrected chi connectivity index (χ2v) is 9.17. The van der Waals surface area contributed by atoms with Gasteiger partial charge in [0.25, 0.3) is 11.7 Å². The lowest BCUT2D eigenvalue weighted by molar-refractivity contribution is -0.112. The second-order valence-electron chi connectivity index (χ2n) is 7.31. The Bertz CT molecular complexity index is 1070. The molecule has 1 amide bonds. The van der Waals surface area contributed by atoms with Gasteiger partial charge in [-0.2, -0.15) is 4.31 Å². The van der Waals surface area contributed by atoms with Crippen molar-refractivity contribution in [2.24, 2.45) is 0 Å². The third-order valence-electron chi connectivity index (χ3n) is 5.69. The van der Waals surface area contributed by atoms with E-state index in [-0.39, 0.29) is 10.5 Å². The molecule has 29 heavy (non-hydrogen) atoms. The molecule has 0 radical (unpaired) electrons. The van der Waals surface area contributed by atoms with E-state index in [4.69, 9.17) is 4.74 Å². The molecule has 4 rings (SSSR count). The number of nitrogens with one attached hydrogen (secondary N) is 1. The number of Topliss-reactive ketones (excluding diaryl/α,β-unsaturated/α-hetero) is 1. The lowest BCUT2D eigenvalue weighted by atomic mass is 10.0. The van der Waals surface area contributed by atoms with Gasteiger partial charge in [0.15, 0.2) is 0 Å². The number of aryl methyl sites for hydroxylation is 1. The van der Waals surface area contributed by atoms with Crippen LogP contribution in [-0.4, -0.2) is 43.8 Å². The van der Waals surface area contributed by atoms with E-state index < -0.39 is 27.4 Å². The summed E-state index contributed by atoms with van der Waals surface area (Å²) < 4.78 is 34.1. The van der Waals surface area contributed by atoms with Gasteiger partial charge < -0.3 is 10.1 Å². The van der Waals surface area contributed by atoms with Crippen molar-refractivity contribution < 1.29 is 22.7 Å². The number of carbonyl (C=O) groups excluding carboxylic acids is 2. The fourth-order valence-electron chi connectivity index (χ4n) is 4.12. The number of nitrogens with zero attached hydrogens (tertiary/aromatic N) is 1. The maximum atomic E-state index is 13.4. The third-order valence-corrected chi connectivity index (χ3v) is 7.63. The first-order valence-corrected chi connectivity index (χ1v) is 10.9. The van der Waals surface area contributed by atoms with Crippen LogP contribution in [-0.2, 0) is 26.0 Å². The van der Waals surface area contributed by atoms with Crippen LogP contribution < -0.4 is 5.32 Å². The minimum absolute atomic E-state index is 0.0101. The molecule has 0 saturated carbocycles. The number of hydrogen-bond acceptors (Lipinski definition) is 5. The van der Waals surface area contributed by atoms with Crippen LogP contribution in [0.2, 0.25) is 0 Å². The zero-order valence-electron chi connectivity index (χ0n) is 16.1. The van der Waals surface area contributed by atoms with Crippen molar-refractivity contribution in [2.75, 3.05) is 19.0 Å². The van der Waals surface area contributed by atoms with E-state index >= 15 is 0 Å². The fourth-order valence-corrected chi connectivity index (χ4v) is 5.94. The minimum Gasteiger partial charge on any atom is -0.363 e. The first-order valence-electron chi connectivity index (χ1n) is 9.49. The van der Waals surface area contributed by atoms with Gasteiger partial charge >= 0.3 is 0 Å². The van der Waals surface area contributed by atoms with E-state index in [1.807, 2.05) is 30.3 Å². The molecule has 1 N–H and O–H groups in total. The molecule has 1 atom stereocenters. The predicted molar refractivity (Wildman–Crippen MR) is 107 cm³/mol. The SMILES string of the molecule is CO[C@@]1(CCc2ccccc2)CCCN1S(=O)(=O)c1ccc2c(c1)C(=O)C(=O)N2. The molecule has 0 aliphatic carbocycles. The van der Waals surface area contributed by atoms with Crippen molar-refractivity contribution in [2.45, 2.75) is 36.3 Å². The van der Waals surface area contributed by atoms with E-state index in [2.05, 4.69) is 5.32 Å². The van der Waals surface area contributed by atoms with Gasteiger partial charge in [-0.1, -0.05) is 30.3 Å². The molecule has 0 aromatic heterocycles. The summed E-state index contributed by atoms with van der Waals surface area (Å²) >= 11 is 0. The highest BCUT2D eigenvalue weighted by Gasteiger charge is 2.48. The van der Waals surface area contributed by atoms with E-state index in [9.17, 15) is 18.0 Å². The number of rotatable bonds is 6. The number of methoxy groups -OCH3 is 1. The molecule has 2 aromatic carbocycles. The standard InChI is InChI=1S/C21H22N2O5S/c1-28-21(12-10-15-6-3-2-4-7-15)11-5-13-23(21)29(26,27)16-8-9-18-17(14-16)19(24)20(25)22-18/h2-4,6-9,14H,5,10-13H2,1H3,(H,22,24,25)/t21-/m1/s1. The Morgan fingerprint density at radius 2 is 1.90 bits per heavy atom. The summed E-state index contributed by atoms with van der Waals surface area (Å²) in [6.45, 7) is 0.340. The molecular weight excluding hydrogens is 392 g/mol. The smallest absolute Gasteiger partial charge is 0.296 e. The molecule has 2 heterocycles. The minimum atomic E-state index is -3.91. The van der Waals surface area contributed by atoms with Gasteiger partial charge in [-0.05, 0) is 49.4 Å². The second kappa shape index (κ2) is 7.37. The summed E-state index contributed by atoms with van der Waals surface area (Å²) in [7, 11) is -2.37. The molecule has 1 saturated heterocycles. The number of anilines is 1. The van der Waals surface area contributed by atoms with Gasteiger partial charge in [0.1, 0.15) is 5.72 Å². The summed E-state index contributed by atoms with van der Waals surface area (Å²) in [5.74, 6) is -1.47. The van der Waals surface area contributed by atoms with Crippen molar-refractivity contribution in [3.05, 3.63) is 59.7 Å². The number of benzene rings is 2. The average Bonchev–Trinajstić information content (AvgIpc) is 3.29. The monoisotopic (exact) mass is 414 g/mol. The van der Waals surface area contributed by atoms with Gasteiger partial charge in [-0.15, -0.1) is 0 Å². The summed E-state index contributed by atoms with van der Waals surface area (Å²) in [5.41, 5.74) is 0.595. The third kappa shape index (κ3) is 3.37. The van der Waals surface area contributed by atoms with E-state index in [1.165, 1.54) is 29.6 Å². The van der Waals surface area contributed by atoms with Crippen molar-refractivity contribution in [1.29, 1.82) is 0 Å². The first-order chi connectivity index (χ1) is 13.9. The van der Waals surface area contributed by atoms with E-state index in [1.54, 1.807) is 0 Å². The van der Waals surface area contributed by atoms with Crippen LogP contribution in [0.25, 0.3) is 0 Å². The molecule has 2 aliphatic rings. The Morgan fingerprint density at radius 3 is 2.62 bits per heavy atom. The summed E-state index contributed by atoms with van der Waals surface area (Å²) in [5, 5.41) is 2.44. The van der Waals surface area contributed by atoms with Gasteiger partial charge in [-0.25, -0.2) is 8.42 Å². The van der Waals surface area contributed by atoms with Gasteiger partial charge in [0.05, 0.1) is 16.1 Å². The molecule has 7 nitrogen and oxygen atoms in total. The number of carbonyl (C=O) groups is 2. The van der Waals surface area contributed by atoms with Crippen LogP contribution >= 0.6 is 0 Å². The van der Waals surface area contributed by atoms with Gasteiger partial charge in [-0.3, -0.25) is 9.59 Å². The molecule has 2 aliphatic heterocycles. The fraction of sp³-hybridized carbons (Fsp3) is 0.333. The van der Waals surface area contributed by atoms with Gasteiger partial charge in [0, 0.05) is 13.7 Å². The highest BCUT2D eigenvalue weighted by molar-refractivity contribution is 7.89. The zero-order valence-corrected chi connectivity index (χ0v) is 16.9. The molecule has 2 aromatic rings. The maximum Gasteiger partial charge on any atom is 0.296 e. The van der Waals surface area contributed by atoms with Crippen molar-refractivity contribution >= 4 is 27.4 Å². The Kier molecular flexibility index (Phi) is 5.02. The Hall–Kier alpha value is -2.55. The number of sulfonamides is 1.